The summed E-state index contributed by atoms with van der Waals surface area (Å²) < 4.78 is 0. The number of hydrogen-bond acceptors (Lipinski definition) is 3. The van der Waals surface area contributed by atoms with Crippen LogP contribution in [0.2, 0.25) is 5.15 Å². The van der Waals surface area contributed by atoms with Crippen LogP contribution in [0.1, 0.15) is 32.6 Å². The summed E-state index contributed by atoms with van der Waals surface area (Å²) in [7, 11) is 0. The predicted molar refractivity (Wildman–Crippen MR) is 62.3 cm³/mol. The van der Waals surface area contributed by atoms with E-state index in [-0.39, 0.29) is 0 Å². The van der Waals surface area contributed by atoms with Gasteiger partial charge in [-0.15, -0.1) is 10.2 Å². The predicted octanol–water partition coefficient (Wildman–Crippen LogP) is 2.90. The van der Waals surface area contributed by atoms with Crippen molar-refractivity contribution >= 4 is 17.4 Å². The lowest BCUT2D eigenvalue weighted by molar-refractivity contribution is 0.608. The molecular weight excluding hydrogens is 210 g/mol. The summed E-state index contributed by atoms with van der Waals surface area (Å²) in [5, 5.41) is 8.49. The zero-order valence-electron chi connectivity index (χ0n) is 8.99. The molecule has 1 aliphatic heterocycles. The molecular formula is C11H16ClN3. The van der Waals surface area contributed by atoms with Crippen LogP contribution in [0, 0.1) is 0 Å². The second kappa shape index (κ2) is 4.79. The summed E-state index contributed by atoms with van der Waals surface area (Å²) >= 11 is 5.73. The lowest BCUT2D eigenvalue weighted by atomic mass is 10.1. The van der Waals surface area contributed by atoms with E-state index in [0.717, 1.165) is 12.4 Å². The lowest BCUT2D eigenvalue weighted by Gasteiger charge is -2.27. The van der Waals surface area contributed by atoms with E-state index in [1.54, 1.807) is 0 Å². The smallest absolute Gasteiger partial charge is 0.151 e. The van der Waals surface area contributed by atoms with Gasteiger partial charge in [0.1, 0.15) is 0 Å². The second-order valence-corrected chi connectivity index (χ2v) is 4.49. The average molecular weight is 226 g/mol. The van der Waals surface area contributed by atoms with Crippen molar-refractivity contribution in [2.45, 2.75) is 38.6 Å². The van der Waals surface area contributed by atoms with Crippen molar-refractivity contribution in [1.82, 2.24) is 10.2 Å². The Hall–Kier alpha value is -0.830. The highest BCUT2D eigenvalue weighted by Crippen LogP contribution is 2.22. The van der Waals surface area contributed by atoms with Crippen molar-refractivity contribution in [1.29, 1.82) is 0 Å². The van der Waals surface area contributed by atoms with E-state index >= 15 is 0 Å². The van der Waals surface area contributed by atoms with Gasteiger partial charge in [-0.2, -0.15) is 0 Å². The fourth-order valence-corrected chi connectivity index (χ4v) is 2.18. The van der Waals surface area contributed by atoms with Crippen LogP contribution in [0.15, 0.2) is 12.1 Å². The molecule has 1 saturated heterocycles. The van der Waals surface area contributed by atoms with Crippen molar-refractivity contribution in [3.8, 4) is 0 Å². The molecule has 15 heavy (non-hydrogen) atoms. The highest BCUT2D eigenvalue weighted by Gasteiger charge is 2.18. The Kier molecular flexibility index (Phi) is 3.41. The maximum atomic E-state index is 5.73. The molecule has 4 heteroatoms. The minimum absolute atomic E-state index is 0.459. The third kappa shape index (κ3) is 2.59. The van der Waals surface area contributed by atoms with Crippen LogP contribution in [0.25, 0.3) is 0 Å². The van der Waals surface area contributed by atoms with Crippen LogP contribution in [-0.4, -0.2) is 22.8 Å². The molecule has 1 atom stereocenters. The first-order chi connectivity index (χ1) is 7.27. The number of halogens is 1. The molecule has 2 heterocycles. The van der Waals surface area contributed by atoms with E-state index in [2.05, 4.69) is 22.0 Å². The molecule has 0 N–H and O–H groups in total. The molecule has 0 amide bonds. The van der Waals surface area contributed by atoms with Crippen molar-refractivity contribution in [2.75, 3.05) is 11.4 Å². The summed E-state index contributed by atoms with van der Waals surface area (Å²) in [6.45, 7) is 3.33. The maximum Gasteiger partial charge on any atom is 0.151 e. The number of nitrogens with zero attached hydrogens (tertiary/aromatic N) is 3. The van der Waals surface area contributed by atoms with Crippen molar-refractivity contribution in [3.63, 3.8) is 0 Å². The molecule has 0 spiro atoms. The molecule has 0 saturated carbocycles. The number of hydrogen-bond donors (Lipinski definition) is 0. The first-order valence-corrected chi connectivity index (χ1v) is 5.91. The zero-order valence-corrected chi connectivity index (χ0v) is 9.74. The van der Waals surface area contributed by atoms with Crippen LogP contribution < -0.4 is 4.90 Å². The van der Waals surface area contributed by atoms with Crippen molar-refractivity contribution < 1.29 is 0 Å². The van der Waals surface area contributed by atoms with Crippen molar-refractivity contribution in [2.24, 2.45) is 0 Å². The van der Waals surface area contributed by atoms with Gasteiger partial charge in [0.05, 0.1) is 0 Å². The van der Waals surface area contributed by atoms with Crippen LogP contribution in [-0.2, 0) is 0 Å². The first-order valence-electron chi connectivity index (χ1n) is 5.53. The van der Waals surface area contributed by atoms with Gasteiger partial charge in [0.25, 0.3) is 0 Å². The molecule has 0 radical (unpaired) electrons. The second-order valence-electron chi connectivity index (χ2n) is 4.11. The molecule has 2 rings (SSSR count). The van der Waals surface area contributed by atoms with Gasteiger partial charge < -0.3 is 4.90 Å². The Balaban J connectivity index is 2.16. The molecule has 1 aromatic rings. The van der Waals surface area contributed by atoms with Gasteiger partial charge in [-0.25, -0.2) is 0 Å². The normalized spacial score (nSPS) is 22.5. The minimum atomic E-state index is 0.459. The topological polar surface area (TPSA) is 29.0 Å². The van der Waals surface area contributed by atoms with Crippen molar-refractivity contribution in [3.05, 3.63) is 17.3 Å². The Labute approximate surface area is 95.5 Å². The van der Waals surface area contributed by atoms with Gasteiger partial charge in [-0.05, 0) is 31.9 Å². The lowest BCUT2D eigenvalue weighted by Crippen LogP contribution is -2.33. The Morgan fingerprint density at radius 1 is 1.27 bits per heavy atom. The van der Waals surface area contributed by atoms with Gasteiger partial charge in [-0.3, -0.25) is 0 Å². The maximum absolute atomic E-state index is 5.73. The van der Waals surface area contributed by atoms with E-state index < -0.39 is 0 Å². The number of aromatic nitrogens is 2. The van der Waals surface area contributed by atoms with E-state index in [0.29, 0.717) is 11.2 Å². The largest absolute Gasteiger partial charge is 0.352 e. The molecule has 3 nitrogen and oxygen atoms in total. The fourth-order valence-electron chi connectivity index (χ4n) is 2.08. The van der Waals surface area contributed by atoms with Gasteiger partial charge in [0.2, 0.25) is 0 Å². The zero-order chi connectivity index (χ0) is 10.7. The molecule has 1 fully saturated rings. The summed E-state index contributed by atoms with van der Waals surface area (Å²) in [4.78, 5) is 2.33. The average Bonchev–Trinajstić information content (AvgIpc) is 2.44. The molecule has 1 aromatic heterocycles. The van der Waals surface area contributed by atoms with E-state index in [9.17, 15) is 0 Å². The Bertz CT molecular complexity index is 312. The summed E-state index contributed by atoms with van der Waals surface area (Å²) in [5.41, 5.74) is 0. The van der Waals surface area contributed by atoms with Crippen LogP contribution in [0.3, 0.4) is 0 Å². The summed E-state index contributed by atoms with van der Waals surface area (Å²) in [6, 6.07) is 4.32. The third-order valence-electron chi connectivity index (χ3n) is 2.97. The van der Waals surface area contributed by atoms with E-state index in [1.807, 2.05) is 12.1 Å². The summed E-state index contributed by atoms with van der Waals surface area (Å²) in [6.07, 6.45) is 5.12. The van der Waals surface area contributed by atoms with Gasteiger partial charge in [0, 0.05) is 12.6 Å². The van der Waals surface area contributed by atoms with Gasteiger partial charge in [0.15, 0.2) is 11.0 Å². The molecule has 82 valence electrons. The highest BCUT2D eigenvalue weighted by atomic mass is 35.5. The first kappa shape index (κ1) is 10.7. The third-order valence-corrected chi connectivity index (χ3v) is 3.17. The van der Waals surface area contributed by atoms with E-state index in [4.69, 9.17) is 11.6 Å². The Morgan fingerprint density at radius 3 is 2.87 bits per heavy atom. The summed E-state index contributed by atoms with van der Waals surface area (Å²) in [5.74, 6) is 0.953. The monoisotopic (exact) mass is 225 g/mol. The fraction of sp³-hybridized carbons (Fsp3) is 0.636. The van der Waals surface area contributed by atoms with Crippen LogP contribution in [0.5, 0.6) is 0 Å². The molecule has 0 bridgehead atoms. The Morgan fingerprint density at radius 2 is 2.13 bits per heavy atom. The number of rotatable bonds is 1. The number of anilines is 1. The standard InChI is InChI=1S/C11H16ClN3/c1-9-5-3-2-4-8-15(9)11-7-6-10(12)13-14-11/h6-7,9H,2-5,8H2,1H3. The van der Waals surface area contributed by atoms with Gasteiger partial charge in [-0.1, -0.05) is 24.4 Å². The van der Waals surface area contributed by atoms with Gasteiger partial charge >= 0.3 is 0 Å². The SMILES string of the molecule is CC1CCCCCN1c1ccc(Cl)nn1. The molecule has 0 aromatic carbocycles. The van der Waals surface area contributed by atoms with Crippen LogP contribution in [0.4, 0.5) is 5.82 Å². The highest BCUT2D eigenvalue weighted by molar-refractivity contribution is 6.29. The van der Waals surface area contributed by atoms with E-state index in [1.165, 1.54) is 25.7 Å². The quantitative estimate of drug-likeness (QED) is 0.736. The van der Waals surface area contributed by atoms with Crippen LogP contribution >= 0.6 is 11.6 Å². The molecule has 1 aliphatic rings. The molecule has 1 unspecified atom stereocenters. The molecule has 0 aliphatic carbocycles. The minimum Gasteiger partial charge on any atom is -0.352 e.